The molecular formula is C18H36O3Si4. The summed E-state index contributed by atoms with van der Waals surface area (Å²) in [5.41, 5.74) is -0.436. The minimum atomic E-state index is -1.65. The average Bonchev–Trinajstić information content (AvgIpc) is 2.94. The van der Waals surface area contributed by atoms with Crippen molar-refractivity contribution >= 4 is 41.3 Å². The van der Waals surface area contributed by atoms with E-state index >= 15 is 0 Å². The van der Waals surface area contributed by atoms with Gasteiger partial charge in [0.15, 0.2) is 0 Å². The van der Waals surface area contributed by atoms with Crippen molar-refractivity contribution in [2.24, 2.45) is 11.3 Å². The van der Waals surface area contributed by atoms with E-state index in [1.54, 1.807) is 0 Å². The van der Waals surface area contributed by atoms with E-state index in [9.17, 15) is 9.59 Å². The number of hydrogen-bond donors (Lipinski definition) is 0. The molecule has 3 atom stereocenters. The van der Waals surface area contributed by atoms with Crippen LogP contribution in [0.4, 0.5) is 0 Å². The highest BCUT2D eigenvalue weighted by molar-refractivity contribution is 7.90. The summed E-state index contributed by atoms with van der Waals surface area (Å²) in [6, 6.07) is 0. The molecule has 1 heterocycles. The lowest BCUT2D eigenvalue weighted by Gasteiger charge is -2.66. The molecule has 142 valence electrons. The van der Waals surface area contributed by atoms with E-state index in [0.717, 1.165) is 19.3 Å². The molecule has 3 rings (SSSR count). The molecule has 0 amide bonds. The predicted molar refractivity (Wildman–Crippen MR) is 114 cm³/mol. The Labute approximate surface area is 156 Å². The van der Waals surface area contributed by atoms with Crippen molar-refractivity contribution in [1.82, 2.24) is 0 Å². The van der Waals surface area contributed by atoms with Gasteiger partial charge in [-0.3, -0.25) is 9.59 Å². The van der Waals surface area contributed by atoms with Gasteiger partial charge in [0.05, 0.1) is 11.3 Å². The second kappa shape index (κ2) is 5.08. The van der Waals surface area contributed by atoms with Crippen molar-refractivity contribution in [3.63, 3.8) is 0 Å². The first-order valence-electron chi connectivity index (χ1n) is 9.82. The van der Waals surface area contributed by atoms with Gasteiger partial charge in [-0.25, -0.2) is 0 Å². The van der Waals surface area contributed by atoms with E-state index in [0.29, 0.717) is 5.04 Å². The van der Waals surface area contributed by atoms with Crippen LogP contribution in [-0.2, 0) is 14.3 Å². The van der Waals surface area contributed by atoms with Gasteiger partial charge in [0.25, 0.3) is 0 Å². The third-order valence-electron chi connectivity index (χ3n) is 8.02. The maximum Gasteiger partial charge on any atom is 0.320 e. The Hall–Kier alpha value is 0.00753. The number of ether oxygens (including phenoxy) is 1. The first-order valence-corrected chi connectivity index (χ1v) is 25.3. The molecule has 25 heavy (non-hydrogen) atoms. The largest absolute Gasteiger partial charge is 0.392 e. The van der Waals surface area contributed by atoms with Crippen LogP contribution in [0.25, 0.3) is 0 Å². The zero-order valence-corrected chi connectivity index (χ0v) is 21.6. The zero-order valence-electron chi connectivity index (χ0n) is 17.6. The highest BCUT2D eigenvalue weighted by Crippen LogP contribution is 2.76. The lowest BCUT2D eigenvalue weighted by atomic mass is 9.77. The topological polar surface area (TPSA) is 43.4 Å². The molecule has 0 aromatic rings. The molecule has 2 bridgehead atoms. The van der Waals surface area contributed by atoms with Gasteiger partial charge < -0.3 is 4.74 Å². The Morgan fingerprint density at radius 3 is 1.72 bits per heavy atom. The number of cyclic esters (lactones) is 2. The summed E-state index contributed by atoms with van der Waals surface area (Å²) < 4.78 is 5.14. The SMILES string of the molecule is C[Si](C)(C)[Si](C12CCC3(C1)C(=O)OC(=O)C3C2)([Si](C)(C)C)[Si](C)(C)C. The minimum absolute atomic E-state index is 0.121. The molecule has 2 aliphatic carbocycles. The fraction of sp³-hybridized carbons (Fsp3) is 0.889. The highest BCUT2D eigenvalue weighted by atomic mass is 29.9. The Kier molecular flexibility index (Phi) is 4.02. The molecule has 3 fully saturated rings. The molecule has 3 unspecified atom stereocenters. The Bertz CT molecular complexity index is 604. The van der Waals surface area contributed by atoms with Gasteiger partial charge in [0.1, 0.15) is 0 Å². The van der Waals surface area contributed by atoms with Crippen LogP contribution in [-0.4, -0.2) is 41.3 Å². The monoisotopic (exact) mass is 412 g/mol. The van der Waals surface area contributed by atoms with Crippen LogP contribution < -0.4 is 0 Å². The van der Waals surface area contributed by atoms with E-state index < -0.39 is 34.8 Å². The summed E-state index contributed by atoms with van der Waals surface area (Å²) in [4.78, 5) is 25.1. The highest BCUT2D eigenvalue weighted by Gasteiger charge is 2.80. The smallest absolute Gasteiger partial charge is 0.320 e. The maximum atomic E-state index is 12.7. The molecule has 1 spiro atoms. The standard InChI is InChI=1S/C18H36O3Si4/c1-22(2,3)25(23(4,5)6,24(7,8)9)17-10-11-18(13-17)14(12-17)15(19)21-16(18)20/h14H,10-13H2,1-9H3. The van der Waals surface area contributed by atoms with Gasteiger partial charge in [-0.15, -0.1) is 0 Å². The van der Waals surface area contributed by atoms with Gasteiger partial charge in [-0.2, -0.15) is 0 Å². The Balaban J connectivity index is 2.27. The molecule has 2 saturated carbocycles. The second-order valence-electron chi connectivity index (χ2n) is 12.1. The fourth-order valence-corrected chi connectivity index (χ4v) is 121. The minimum Gasteiger partial charge on any atom is -0.392 e. The molecule has 0 aromatic carbocycles. The Morgan fingerprint density at radius 1 is 0.840 bits per heavy atom. The molecule has 1 aliphatic heterocycles. The Morgan fingerprint density at radius 2 is 1.32 bits per heavy atom. The lowest BCUT2D eigenvalue weighted by molar-refractivity contribution is -0.155. The van der Waals surface area contributed by atoms with E-state index in [4.69, 9.17) is 4.74 Å². The van der Waals surface area contributed by atoms with Crippen LogP contribution in [0.5, 0.6) is 0 Å². The van der Waals surface area contributed by atoms with E-state index in [-0.39, 0.29) is 17.9 Å². The number of esters is 2. The average molecular weight is 413 g/mol. The quantitative estimate of drug-likeness (QED) is 0.382. The third-order valence-corrected chi connectivity index (χ3v) is 82.5. The summed E-state index contributed by atoms with van der Waals surface area (Å²) in [5.74, 6) is -0.493. The van der Waals surface area contributed by atoms with Crippen molar-refractivity contribution in [3.8, 4) is 0 Å². The van der Waals surface area contributed by atoms with Crippen molar-refractivity contribution in [3.05, 3.63) is 0 Å². The molecule has 3 aliphatic rings. The van der Waals surface area contributed by atoms with Gasteiger partial charge in [-0.1, -0.05) is 58.9 Å². The summed E-state index contributed by atoms with van der Waals surface area (Å²) in [6.07, 6.45) is 4.07. The molecular weight excluding hydrogens is 377 g/mol. The number of fused-ring (bicyclic) bond motifs is 1. The van der Waals surface area contributed by atoms with Crippen LogP contribution in [0, 0.1) is 11.3 Å². The van der Waals surface area contributed by atoms with Crippen molar-refractivity contribution in [1.29, 1.82) is 0 Å². The van der Waals surface area contributed by atoms with Gasteiger partial charge >= 0.3 is 11.9 Å². The molecule has 3 nitrogen and oxygen atoms in total. The maximum absolute atomic E-state index is 12.7. The second-order valence-corrected chi connectivity index (χ2v) is 52.9. The van der Waals surface area contributed by atoms with Crippen LogP contribution in [0.15, 0.2) is 0 Å². The van der Waals surface area contributed by atoms with E-state index in [1.807, 2.05) is 0 Å². The first kappa shape index (κ1) is 19.8. The lowest BCUT2D eigenvalue weighted by Crippen LogP contribution is -2.87. The first-order chi connectivity index (χ1) is 11.1. The summed E-state index contributed by atoms with van der Waals surface area (Å²) in [6.45, 7) is 22.0. The molecule has 7 heteroatoms. The summed E-state index contributed by atoms with van der Waals surface area (Å²) in [5, 5.41) is 0.326. The van der Waals surface area contributed by atoms with Crippen LogP contribution >= 0.6 is 0 Å². The molecule has 1 saturated heterocycles. The van der Waals surface area contributed by atoms with Gasteiger partial charge in [0, 0.05) is 29.4 Å². The summed E-state index contributed by atoms with van der Waals surface area (Å²) in [7, 11) is -4.31. The van der Waals surface area contributed by atoms with E-state index in [2.05, 4.69) is 58.9 Å². The molecule has 0 N–H and O–H groups in total. The predicted octanol–water partition coefficient (Wildman–Crippen LogP) is 4.70. The molecule has 0 aromatic heterocycles. The number of carbonyl (C=O) groups excluding carboxylic acids is 2. The van der Waals surface area contributed by atoms with Crippen molar-refractivity contribution in [2.45, 2.75) is 89.6 Å². The fourth-order valence-electron chi connectivity index (χ4n) is 9.42. The number of hydrogen-bond acceptors (Lipinski definition) is 3. The van der Waals surface area contributed by atoms with Gasteiger partial charge in [-0.05, 0) is 30.7 Å². The third kappa shape index (κ3) is 2.12. The molecule has 0 radical (unpaired) electrons. The van der Waals surface area contributed by atoms with Crippen LogP contribution in [0.3, 0.4) is 0 Å². The van der Waals surface area contributed by atoms with Crippen LogP contribution in [0.2, 0.25) is 64.0 Å². The van der Waals surface area contributed by atoms with Gasteiger partial charge in [0.2, 0.25) is 0 Å². The van der Waals surface area contributed by atoms with Crippen molar-refractivity contribution in [2.75, 3.05) is 0 Å². The summed E-state index contributed by atoms with van der Waals surface area (Å²) >= 11 is 0. The normalized spacial score (nSPS) is 36.0. The van der Waals surface area contributed by atoms with Crippen molar-refractivity contribution < 1.29 is 14.3 Å². The number of rotatable bonds is 4. The number of carbonyl (C=O) groups is 2. The van der Waals surface area contributed by atoms with E-state index in [1.165, 1.54) is 6.42 Å². The zero-order chi connectivity index (χ0) is 19.3. The van der Waals surface area contributed by atoms with Crippen LogP contribution in [0.1, 0.15) is 25.7 Å².